The summed E-state index contributed by atoms with van der Waals surface area (Å²) in [7, 11) is 0. The van der Waals surface area contributed by atoms with Crippen LogP contribution in [0.3, 0.4) is 0 Å². The van der Waals surface area contributed by atoms with Crippen molar-refractivity contribution in [3.8, 4) is 0 Å². The van der Waals surface area contributed by atoms with Gasteiger partial charge in [-0.25, -0.2) is 0 Å². The van der Waals surface area contributed by atoms with Crippen molar-refractivity contribution in [2.45, 2.75) is 224 Å². The van der Waals surface area contributed by atoms with Gasteiger partial charge in [0, 0.05) is 6.42 Å². The second-order valence-corrected chi connectivity index (χ2v) is 14.8. The lowest BCUT2D eigenvalue weighted by atomic mass is 9.99. The molecule has 1 aliphatic rings. The average molecular weight is 726 g/mol. The van der Waals surface area contributed by atoms with Gasteiger partial charge < -0.3 is 40.3 Å². The highest BCUT2D eigenvalue weighted by Gasteiger charge is 2.44. The molecule has 7 atom stereocenters. The van der Waals surface area contributed by atoms with Gasteiger partial charge in [0.25, 0.3) is 0 Å². The number of ether oxygens (including phenoxy) is 2. The van der Waals surface area contributed by atoms with Crippen molar-refractivity contribution in [1.82, 2.24) is 5.32 Å². The van der Waals surface area contributed by atoms with Crippen LogP contribution in [0, 0.1) is 0 Å². The first-order chi connectivity index (χ1) is 24.8. The molecule has 0 aliphatic carbocycles. The molecule has 0 aromatic rings. The van der Waals surface area contributed by atoms with Gasteiger partial charge in [-0.1, -0.05) is 154 Å². The van der Waals surface area contributed by atoms with Crippen LogP contribution in [0.1, 0.15) is 181 Å². The molecule has 300 valence electrons. The van der Waals surface area contributed by atoms with Gasteiger partial charge in [-0.2, -0.15) is 0 Å². The minimum Gasteiger partial charge on any atom is -0.394 e. The first-order valence-corrected chi connectivity index (χ1v) is 21.0. The minimum absolute atomic E-state index is 0.142. The topological polar surface area (TPSA) is 149 Å². The van der Waals surface area contributed by atoms with Crippen LogP contribution in [0.5, 0.6) is 0 Å². The third-order valence-corrected chi connectivity index (χ3v) is 10.1. The van der Waals surface area contributed by atoms with Gasteiger partial charge in [0.1, 0.15) is 24.4 Å². The Morgan fingerprint density at radius 1 is 0.667 bits per heavy atom. The van der Waals surface area contributed by atoms with Crippen molar-refractivity contribution in [3.05, 3.63) is 24.3 Å². The molecule has 0 radical (unpaired) electrons. The normalized spacial score (nSPS) is 22.2. The number of unbranched alkanes of at least 4 members (excludes halogenated alkanes) is 20. The van der Waals surface area contributed by atoms with Crippen molar-refractivity contribution in [2.24, 2.45) is 0 Å². The van der Waals surface area contributed by atoms with Gasteiger partial charge in [0.05, 0.1) is 25.4 Å². The van der Waals surface area contributed by atoms with E-state index in [1.165, 1.54) is 109 Å². The van der Waals surface area contributed by atoms with Gasteiger partial charge >= 0.3 is 0 Å². The molecular weight excluding hydrogens is 646 g/mol. The van der Waals surface area contributed by atoms with Crippen LogP contribution in [0.25, 0.3) is 0 Å². The zero-order valence-corrected chi connectivity index (χ0v) is 32.6. The van der Waals surface area contributed by atoms with E-state index in [-0.39, 0.29) is 12.5 Å². The van der Waals surface area contributed by atoms with Gasteiger partial charge in [-0.05, 0) is 44.9 Å². The second-order valence-electron chi connectivity index (χ2n) is 14.8. The standard InChI is InChI=1S/C42H79NO8/c1-3-5-7-8-9-10-11-12-13-14-15-16-17-18-19-20-21-22-23-24-25-26-27-28-30-32-38(46)43-35(36(45)31-29-6-4-2)34-50-42-41(49)40(48)39(47)37(33-44)51-42/h11-12,14-15,35-37,39-42,44-45,47-49H,3-10,13,16-34H2,1-2H3,(H,43,46)/b12-11-,15-14-. The van der Waals surface area contributed by atoms with Gasteiger partial charge in [0.2, 0.25) is 5.91 Å². The van der Waals surface area contributed by atoms with Crippen LogP contribution in [0.4, 0.5) is 0 Å². The van der Waals surface area contributed by atoms with Gasteiger partial charge in [-0.15, -0.1) is 0 Å². The molecule has 0 aromatic carbocycles. The van der Waals surface area contributed by atoms with Crippen molar-refractivity contribution in [1.29, 1.82) is 0 Å². The maximum atomic E-state index is 12.8. The highest BCUT2D eigenvalue weighted by Crippen LogP contribution is 2.23. The fourth-order valence-corrected chi connectivity index (χ4v) is 6.60. The zero-order valence-electron chi connectivity index (χ0n) is 32.6. The van der Waals surface area contributed by atoms with Crippen LogP contribution in [0.15, 0.2) is 24.3 Å². The first-order valence-electron chi connectivity index (χ1n) is 21.0. The summed E-state index contributed by atoms with van der Waals surface area (Å²) in [6.45, 7) is 3.65. The number of carbonyl (C=O) groups is 1. The molecule has 1 aliphatic heterocycles. The van der Waals surface area contributed by atoms with E-state index in [4.69, 9.17) is 9.47 Å². The van der Waals surface area contributed by atoms with Crippen molar-refractivity contribution >= 4 is 5.91 Å². The Kier molecular flexibility index (Phi) is 31.1. The number of aliphatic hydroxyl groups is 5. The van der Waals surface area contributed by atoms with E-state index in [0.29, 0.717) is 12.8 Å². The van der Waals surface area contributed by atoms with Gasteiger partial charge in [-0.3, -0.25) is 4.79 Å². The SMILES string of the molecule is CCCCCCC/C=C\C/C=C\CCCCCCCCCCCCCCCC(=O)NC(COC1OC(CO)C(O)C(O)C1O)C(O)CCCCC. The Balaban J connectivity index is 2.08. The Morgan fingerprint density at radius 2 is 1.16 bits per heavy atom. The summed E-state index contributed by atoms with van der Waals surface area (Å²) in [6, 6.07) is -0.712. The van der Waals surface area contributed by atoms with Crippen LogP contribution in [-0.4, -0.2) is 87.5 Å². The average Bonchev–Trinajstić information content (AvgIpc) is 3.13. The summed E-state index contributed by atoms with van der Waals surface area (Å²) in [5.41, 5.74) is 0. The number of aliphatic hydroxyl groups excluding tert-OH is 5. The molecule has 9 heteroatoms. The number of allylic oxidation sites excluding steroid dienone is 4. The molecule has 1 heterocycles. The molecule has 1 rings (SSSR count). The molecule has 51 heavy (non-hydrogen) atoms. The molecule has 0 spiro atoms. The minimum atomic E-state index is -1.55. The van der Waals surface area contributed by atoms with E-state index in [0.717, 1.165) is 44.9 Å². The lowest BCUT2D eigenvalue weighted by Crippen LogP contribution is -2.60. The van der Waals surface area contributed by atoms with Gasteiger partial charge in [0.15, 0.2) is 6.29 Å². The molecule has 0 saturated carbocycles. The summed E-state index contributed by atoms with van der Waals surface area (Å²) in [5.74, 6) is -0.157. The molecule has 9 nitrogen and oxygen atoms in total. The number of carbonyl (C=O) groups excluding carboxylic acids is 1. The van der Waals surface area contributed by atoms with Crippen molar-refractivity contribution in [2.75, 3.05) is 13.2 Å². The Labute approximate surface area is 311 Å². The predicted molar refractivity (Wildman–Crippen MR) is 207 cm³/mol. The summed E-state index contributed by atoms with van der Waals surface area (Å²) in [5, 5.41) is 53.5. The molecule has 0 bridgehead atoms. The smallest absolute Gasteiger partial charge is 0.220 e. The Hall–Kier alpha value is -1.33. The maximum Gasteiger partial charge on any atom is 0.220 e. The van der Waals surface area contributed by atoms with E-state index in [9.17, 15) is 30.3 Å². The maximum absolute atomic E-state index is 12.8. The first kappa shape index (κ1) is 47.7. The van der Waals surface area contributed by atoms with Crippen LogP contribution < -0.4 is 5.32 Å². The summed E-state index contributed by atoms with van der Waals surface area (Å²) < 4.78 is 11.1. The molecular formula is C42H79NO8. The van der Waals surface area contributed by atoms with Crippen LogP contribution >= 0.6 is 0 Å². The van der Waals surface area contributed by atoms with Crippen molar-refractivity contribution in [3.63, 3.8) is 0 Å². The zero-order chi connectivity index (χ0) is 37.4. The molecule has 1 amide bonds. The summed E-state index contributed by atoms with van der Waals surface area (Å²) in [4.78, 5) is 12.8. The highest BCUT2D eigenvalue weighted by atomic mass is 16.7. The monoisotopic (exact) mass is 726 g/mol. The van der Waals surface area contributed by atoms with Crippen LogP contribution in [-0.2, 0) is 14.3 Å². The lowest BCUT2D eigenvalue weighted by molar-refractivity contribution is -0.302. The Morgan fingerprint density at radius 3 is 1.69 bits per heavy atom. The quantitative estimate of drug-likeness (QED) is 0.0289. The van der Waals surface area contributed by atoms with E-state index < -0.39 is 49.5 Å². The molecule has 1 saturated heterocycles. The Bertz CT molecular complexity index is 853. The number of amides is 1. The van der Waals surface area contributed by atoms with E-state index >= 15 is 0 Å². The third kappa shape index (κ3) is 24.6. The number of rotatable bonds is 34. The third-order valence-electron chi connectivity index (χ3n) is 10.1. The fourth-order valence-electron chi connectivity index (χ4n) is 6.60. The number of nitrogens with one attached hydrogen (secondary N) is 1. The van der Waals surface area contributed by atoms with E-state index in [1.807, 2.05) is 0 Å². The highest BCUT2D eigenvalue weighted by molar-refractivity contribution is 5.76. The van der Waals surface area contributed by atoms with E-state index in [2.05, 4.69) is 43.5 Å². The second kappa shape index (κ2) is 33.3. The largest absolute Gasteiger partial charge is 0.394 e. The van der Waals surface area contributed by atoms with E-state index in [1.54, 1.807) is 0 Å². The molecule has 6 N–H and O–H groups in total. The molecule has 7 unspecified atom stereocenters. The van der Waals surface area contributed by atoms with Crippen LogP contribution in [0.2, 0.25) is 0 Å². The summed E-state index contributed by atoms with van der Waals surface area (Å²) >= 11 is 0. The molecule has 1 fully saturated rings. The van der Waals surface area contributed by atoms with Crippen molar-refractivity contribution < 1.29 is 39.8 Å². The predicted octanol–water partition coefficient (Wildman–Crippen LogP) is 7.94. The fraction of sp³-hybridized carbons (Fsp3) is 0.881. The molecule has 0 aromatic heterocycles. The summed E-state index contributed by atoms with van der Waals surface area (Å²) in [6.07, 6.45) is 31.4. The number of hydrogen-bond acceptors (Lipinski definition) is 8. The lowest BCUT2D eigenvalue weighted by Gasteiger charge is -2.40. The number of hydrogen-bond donors (Lipinski definition) is 6.